The van der Waals surface area contributed by atoms with Crippen LogP contribution in [0.3, 0.4) is 0 Å². The van der Waals surface area contributed by atoms with Crippen molar-refractivity contribution in [1.82, 2.24) is 20.3 Å². The molecule has 0 aliphatic carbocycles. The predicted octanol–water partition coefficient (Wildman–Crippen LogP) is -0.140. The van der Waals surface area contributed by atoms with Crippen molar-refractivity contribution >= 4 is 17.8 Å². The highest BCUT2D eigenvalue weighted by Crippen LogP contribution is 2.09. The van der Waals surface area contributed by atoms with E-state index in [-0.39, 0.29) is 11.9 Å². The Morgan fingerprint density at radius 1 is 1.28 bits per heavy atom. The van der Waals surface area contributed by atoms with Gasteiger partial charge in [0.1, 0.15) is 0 Å². The molecule has 0 aliphatic heterocycles. The number of hydrogen-bond donors (Lipinski definition) is 3. The maximum Gasteiger partial charge on any atom is 0.322 e. The number of ether oxygens (including phenoxy) is 1. The minimum absolute atomic E-state index is 0.0140. The Hall–Kier alpha value is -2.12. The molecule has 0 radical (unpaired) electrons. The summed E-state index contributed by atoms with van der Waals surface area (Å²) in [5.41, 5.74) is 0. The van der Waals surface area contributed by atoms with Crippen LogP contribution in [-0.4, -0.2) is 48.1 Å². The van der Waals surface area contributed by atoms with Crippen LogP contribution in [0, 0.1) is 0 Å². The van der Waals surface area contributed by atoms with Gasteiger partial charge in [0.2, 0.25) is 17.8 Å². The molecule has 0 saturated heterocycles. The molecular formula is C10H18N6O2. The third-order valence-electron chi connectivity index (χ3n) is 2.03. The zero-order chi connectivity index (χ0) is 13.4. The second-order valence-corrected chi connectivity index (χ2v) is 3.35. The minimum Gasteiger partial charge on any atom is -0.467 e. The van der Waals surface area contributed by atoms with E-state index in [9.17, 15) is 4.79 Å². The van der Waals surface area contributed by atoms with Gasteiger partial charge in [-0.3, -0.25) is 4.79 Å². The van der Waals surface area contributed by atoms with Crippen LogP contribution in [0.15, 0.2) is 0 Å². The van der Waals surface area contributed by atoms with Crippen LogP contribution in [-0.2, 0) is 4.79 Å². The second-order valence-electron chi connectivity index (χ2n) is 3.35. The molecular weight excluding hydrogens is 236 g/mol. The van der Waals surface area contributed by atoms with Gasteiger partial charge in [-0.1, -0.05) is 0 Å². The first kappa shape index (κ1) is 13.9. The molecule has 18 heavy (non-hydrogen) atoms. The fourth-order valence-electron chi connectivity index (χ4n) is 1.21. The molecule has 0 unspecified atom stereocenters. The van der Waals surface area contributed by atoms with Crippen molar-refractivity contribution in [3.8, 4) is 6.01 Å². The number of anilines is 2. The van der Waals surface area contributed by atoms with E-state index >= 15 is 0 Å². The standard InChI is InChI=1S/C10H18N6O2/c1-4-12-7(17)5-6-13-9-14-8(11-2)15-10(16-9)18-3/h4-6H2,1-3H3,(H,12,17)(H2,11,13,14,15,16). The van der Waals surface area contributed by atoms with Gasteiger partial charge in [0.05, 0.1) is 7.11 Å². The number of nitrogens with one attached hydrogen (secondary N) is 3. The van der Waals surface area contributed by atoms with E-state index in [1.807, 2.05) is 6.92 Å². The summed E-state index contributed by atoms with van der Waals surface area (Å²) in [6.45, 7) is 2.95. The molecule has 0 fully saturated rings. The highest BCUT2D eigenvalue weighted by atomic mass is 16.5. The van der Waals surface area contributed by atoms with E-state index in [2.05, 4.69) is 30.9 Å². The molecule has 0 atom stereocenters. The molecule has 0 aromatic carbocycles. The third kappa shape index (κ3) is 4.40. The number of carbonyl (C=O) groups excluding carboxylic acids is 1. The SMILES string of the molecule is CCNC(=O)CCNc1nc(NC)nc(OC)n1. The van der Waals surface area contributed by atoms with Gasteiger partial charge in [-0.25, -0.2) is 0 Å². The van der Waals surface area contributed by atoms with Crippen molar-refractivity contribution in [1.29, 1.82) is 0 Å². The lowest BCUT2D eigenvalue weighted by Crippen LogP contribution is -2.25. The number of aromatic nitrogens is 3. The maximum absolute atomic E-state index is 11.2. The van der Waals surface area contributed by atoms with Crippen LogP contribution in [0.1, 0.15) is 13.3 Å². The first-order valence-corrected chi connectivity index (χ1v) is 5.68. The minimum atomic E-state index is -0.0140. The monoisotopic (exact) mass is 254 g/mol. The average molecular weight is 254 g/mol. The summed E-state index contributed by atoms with van der Waals surface area (Å²) >= 11 is 0. The fourth-order valence-corrected chi connectivity index (χ4v) is 1.21. The number of nitrogens with zero attached hydrogens (tertiary/aromatic N) is 3. The maximum atomic E-state index is 11.2. The topological polar surface area (TPSA) is 101 Å². The number of carbonyl (C=O) groups is 1. The van der Waals surface area contributed by atoms with E-state index in [1.54, 1.807) is 7.05 Å². The molecule has 1 amide bonds. The Morgan fingerprint density at radius 2 is 2.00 bits per heavy atom. The molecule has 1 aromatic rings. The lowest BCUT2D eigenvalue weighted by molar-refractivity contribution is -0.120. The predicted molar refractivity (Wildman–Crippen MR) is 67.7 cm³/mol. The fraction of sp³-hybridized carbons (Fsp3) is 0.600. The zero-order valence-electron chi connectivity index (χ0n) is 10.8. The summed E-state index contributed by atoms with van der Waals surface area (Å²) in [6.07, 6.45) is 0.358. The number of rotatable bonds is 7. The van der Waals surface area contributed by atoms with Crippen molar-refractivity contribution in [2.75, 3.05) is 37.9 Å². The van der Waals surface area contributed by atoms with Crippen molar-refractivity contribution < 1.29 is 9.53 Å². The molecule has 1 rings (SSSR count). The van der Waals surface area contributed by atoms with Crippen LogP contribution in [0.5, 0.6) is 6.01 Å². The summed E-state index contributed by atoms with van der Waals surface area (Å²) in [7, 11) is 3.18. The van der Waals surface area contributed by atoms with Crippen molar-refractivity contribution in [2.45, 2.75) is 13.3 Å². The molecule has 1 heterocycles. The van der Waals surface area contributed by atoms with E-state index < -0.39 is 0 Å². The quantitative estimate of drug-likeness (QED) is 0.622. The summed E-state index contributed by atoms with van der Waals surface area (Å²) < 4.78 is 4.94. The van der Waals surface area contributed by atoms with Crippen LogP contribution in [0.4, 0.5) is 11.9 Å². The first-order valence-electron chi connectivity index (χ1n) is 5.68. The van der Waals surface area contributed by atoms with Crippen molar-refractivity contribution in [3.05, 3.63) is 0 Å². The Bertz CT molecular complexity index is 376. The molecule has 8 nitrogen and oxygen atoms in total. The van der Waals surface area contributed by atoms with Crippen LogP contribution >= 0.6 is 0 Å². The van der Waals surface area contributed by atoms with Crippen molar-refractivity contribution in [2.24, 2.45) is 0 Å². The normalized spacial score (nSPS) is 9.72. The van der Waals surface area contributed by atoms with Gasteiger partial charge in [-0.2, -0.15) is 15.0 Å². The molecule has 3 N–H and O–H groups in total. The Morgan fingerprint density at radius 3 is 2.61 bits per heavy atom. The Kier molecular flexibility index (Phi) is 5.62. The molecule has 0 spiro atoms. The van der Waals surface area contributed by atoms with Crippen LogP contribution in [0.25, 0.3) is 0 Å². The number of methoxy groups -OCH3 is 1. The number of amides is 1. The van der Waals surface area contributed by atoms with Crippen LogP contribution in [0.2, 0.25) is 0 Å². The van der Waals surface area contributed by atoms with Gasteiger partial charge < -0.3 is 20.7 Å². The lowest BCUT2D eigenvalue weighted by atomic mass is 10.4. The lowest BCUT2D eigenvalue weighted by Gasteiger charge is -2.07. The summed E-state index contributed by atoms with van der Waals surface area (Å²) in [5, 5.41) is 8.45. The van der Waals surface area contributed by atoms with Gasteiger partial charge in [-0.05, 0) is 6.92 Å². The molecule has 0 aliphatic rings. The van der Waals surface area contributed by atoms with Gasteiger partial charge in [0.15, 0.2) is 0 Å². The average Bonchev–Trinajstić information content (AvgIpc) is 2.38. The smallest absolute Gasteiger partial charge is 0.322 e. The van der Waals surface area contributed by atoms with E-state index in [0.29, 0.717) is 31.4 Å². The van der Waals surface area contributed by atoms with Gasteiger partial charge in [0.25, 0.3) is 0 Å². The van der Waals surface area contributed by atoms with Gasteiger partial charge in [0, 0.05) is 26.6 Å². The van der Waals surface area contributed by atoms with Crippen LogP contribution < -0.4 is 20.7 Å². The second kappa shape index (κ2) is 7.25. The molecule has 8 heteroatoms. The van der Waals surface area contributed by atoms with E-state index in [1.165, 1.54) is 7.11 Å². The third-order valence-corrected chi connectivity index (χ3v) is 2.03. The van der Waals surface area contributed by atoms with Gasteiger partial charge >= 0.3 is 6.01 Å². The Labute approximate surface area is 106 Å². The van der Waals surface area contributed by atoms with Crippen molar-refractivity contribution in [3.63, 3.8) is 0 Å². The van der Waals surface area contributed by atoms with E-state index in [0.717, 1.165) is 0 Å². The Balaban J connectivity index is 2.53. The summed E-state index contributed by atoms with van der Waals surface area (Å²) in [6, 6.07) is 0.217. The first-order chi connectivity index (χ1) is 8.69. The molecule has 1 aromatic heterocycles. The molecule has 0 bridgehead atoms. The van der Waals surface area contributed by atoms with E-state index in [4.69, 9.17) is 4.74 Å². The highest BCUT2D eigenvalue weighted by Gasteiger charge is 2.06. The molecule has 100 valence electrons. The highest BCUT2D eigenvalue weighted by molar-refractivity contribution is 5.76. The zero-order valence-corrected chi connectivity index (χ0v) is 10.8. The number of hydrogen-bond acceptors (Lipinski definition) is 7. The molecule has 0 saturated carbocycles. The largest absolute Gasteiger partial charge is 0.467 e. The summed E-state index contributed by atoms with van der Waals surface area (Å²) in [5.74, 6) is 0.762. The van der Waals surface area contributed by atoms with Gasteiger partial charge in [-0.15, -0.1) is 0 Å². The summed E-state index contributed by atoms with van der Waals surface area (Å²) in [4.78, 5) is 23.3.